The monoisotopic (exact) mass is 1340 g/mol. The Hall–Kier alpha value is -1.94. The van der Waals surface area contributed by atoms with E-state index in [0.717, 1.165) is 102 Å². The Bertz CT molecular complexity index is 1770. The van der Waals surface area contributed by atoms with Crippen LogP contribution in [0.4, 0.5) is 0 Å². The van der Waals surface area contributed by atoms with E-state index in [2.05, 4.69) is 41.5 Å². The number of phosphoric acid groups is 2. The second-order valence-electron chi connectivity index (χ2n) is 26.9. The molecule has 0 fully saturated rings. The molecule has 2 unspecified atom stereocenters. The van der Waals surface area contributed by atoms with Crippen molar-refractivity contribution in [3.63, 3.8) is 0 Å². The van der Waals surface area contributed by atoms with Crippen LogP contribution in [0.2, 0.25) is 0 Å². The van der Waals surface area contributed by atoms with Crippen LogP contribution in [0.5, 0.6) is 0 Å². The zero-order chi connectivity index (χ0) is 67.2. The van der Waals surface area contributed by atoms with Crippen LogP contribution in [0.25, 0.3) is 0 Å². The first-order valence-electron chi connectivity index (χ1n) is 37.5. The summed E-state index contributed by atoms with van der Waals surface area (Å²) in [5.41, 5.74) is 0. The van der Waals surface area contributed by atoms with E-state index >= 15 is 0 Å². The second-order valence-corrected chi connectivity index (χ2v) is 29.8. The molecule has 19 heteroatoms. The molecule has 0 heterocycles. The maximum absolute atomic E-state index is 13.0. The second kappa shape index (κ2) is 64.1. The Kier molecular flexibility index (Phi) is 62.7. The van der Waals surface area contributed by atoms with Gasteiger partial charge in [0.1, 0.15) is 19.3 Å². The molecule has 0 aromatic rings. The van der Waals surface area contributed by atoms with Crippen LogP contribution in [0.3, 0.4) is 0 Å². The fourth-order valence-electron chi connectivity index (χ4n) is 10.9. The minimum Gasteiger partial charge on any atom is -0.462 e. The smallest absolute Gasteiger partial charge is 0.462 e. The Labute approximate surface area is 556 Å². The minimum atomic E-state index is -4.95. The predicted molar refractivity (Wildman–Crippen MR) is 368 cm³/mol. The fourth-order valence-corrected chi connectivity index (χ4v) is 12.5. The molecule has 91 heavy (non-hydrogen) atoms. The molecule has 0 spiro atoms. The summed E-state index contributed by atoms with van der Waals surface area (Å²) in [6, 6.07) is 0. The molecular weight excluding hydrogens is 1200 g/mol. The van der Waals surface area contributed by atoms with Crippen LogP contribution >= 0.6 is 15.6 Å². The van der Waals surface area contributed by atoms with Crippen LogP contribution in [0.15, 0.2) is 0 Å². The van der Waals surface area contributed by atoms with Crippen molar-refractivity contribution < 1.29 is 80.2 Å². The van der Waals surface area contributed by atoms with Gasteiger partial charge in [0.15, 0.2) is 12.2 Å². The summed E-state index contributed by atoms with van der Waals surface area (Å²) in [4.78, 5) is 72.6. The number of carbonyl (C=O) groups is 4. The first-order chi connectivity index (χ1) is 43.9. The summed E-state index contributed by atoms with van der Waals surface area (Å²) < 4.78 is 68.4. The topological polar surface area (TPSA) is 237 Å². The third-order valence-electron chi connectivity index (χ3n) is 16.7. The number of hydrogen-bond acceptors (Lipinski definition) is 15. The molecule has 0 aromatic carbocycles. The Morgan fingerprint density at radius 3 is 0.747 bits per heavy atom. The van der Waals surface area contributed by atoms with E-state index < -0.39 is 97.5 Å². The van der Waals surface area contributed by atoms with E-state index in [1.807, 2.05) is 0 Å². The minimum absolute atomic E-state index is 0.107. The highest BCUT2D eigenvalue weighted by Gasteiger charge is 2.30. The molecule has 17 nitrogen and oxygen atoms in total. The van der Waals surface area contributed by atoms with Gasteiger partial charge in [0, 0.05) is 25.7 Å². The first-order valence-corrected chi connectivity index (χ1v) is 40.5. The molecular formula is C72H140O17P2. The number of unbranched alkanes of at least 4 members (excludes halogenated alkanes) is 41. The summed E-state index contributed by atoms with van der Waals surface area (Å²) in [7, 11) is -9.90. The van der Waals surface area contributed by atoms with Gasteiger partial charge in [-0.25, -0.2) is 9.13 Å². The molecule has 0 aromatic heterocycles. The lowest BCUT2D eigenvalue weighted by molar-refractivity contribution is -0.161. The number of ether oxygens (including phenoxy) is 4. The number of carbonyl (C=O) groups excluding carboxylic acids is 4. The van der Waals surface area contributed by atoms with Gasteiger partial charge >= 0.3 is 39.5 Å². The fraction of sp³-hybridized carbons (Fsp3) is 0.944. The third-order valence-corrected chi connectivity index (χ3v) is 18.6. The first kappa shape index (κ1) is 89.1. The quantitative estimate of drug-likeness (QED) is 0.0222. The standard InChI is InChI=1S/C72H140O17P2/c1-7-9-11-13-15-17-19-21-22-23-24-26-32-38-45-51-57-72(77)88-67(60-82-69(74)54-48-42-36-30-28-27-29-34-40-46-52-64(3)4)62-86-90(78,79)84-58-66(73)59-85-91(80,81)87-63-68(61-83-70(75)55-49-43-39-33-35-41-47-53-65(5)6)89-71(76)56-50-44-37-31-25-20-18-16-14-12-10-8-2/h64-68,73H,7-63H2,1-6H3,(H,78,79)(H,80,81)/t66-,67-,68-/m1/s1. The van der Waals surface area contributed by atoms with E-state index in [4.69, 9.17) is 37.0 Å². The van der Waals surface area contributed by atoms with Gasteiger partial charge in [-0.3, -0.25) is 37.3 Å². The van der Waals surface area contributed by atoms with Gasteiger partial charge in [0.2, 0.25) is 0 Å². The van der Waals surface area contributed by atoms with E-state index in [1.54, 1.807) is 0 Å². The van der Waals surface area contributed by atoms with Crippen LogP contribution in [0, 0.1) is 11.8 Å². The van der Waals surface area contributed by atoms with Crippen molar-refractivity contribution in [1.29, 1.82) is 0 Å². The van der Waals surface area contributed by atoms with Crippen LogP contribution in [-0.4, -0.2) is 96.7 Å². The van der Waals surface area contributed by atoms with Crippen molar-refractivity contribution >= 4 is 39.5 Å². The maximum atomic E-state index is 13.0. The van der Waals surface area contributed by atoms with Crippen molar-refractivity contribution in [2.75, 3.05) is 39.6 Å². The SMILES string of the molecule is CCCCCCCCCCCCCCCCCCC(=O)O[C@H](COC(=O)CCCCCCCCCCCCC(C)C)COP(=O)(O)OC[C@@H](O)COP(=O)(O)OC[C@@H](COC(=O)CCCCCCCCCC(C)C)OC(=O)CCCCCCCCCCCCCC. The highest BCUT2D eigenvalue weighted by molar-refractivity contribution is 7.47. The molecule has 540 valence electrons. The van der Waals surface area contributed by atoms with Crippen LogP contribution in [-0.2, 0) is 65.4 Å². The molecule has 0 bridgehead atoms. The van der Waals surface area contributed by atoms with E-state index in [9.17, 15) is 43.2 Å². The summed E-state index contributed by atoms with van der Waals surface area (Å²) in [6.07, 6.45) is 49.9. The summed E-state index contributed by atoms with van der Waals surface area (Å²) in [5, 5.41) is 10.6. The Balaban J connectivity index is 5.25. The van der Waals surface area contributed by atoms with E-state index in [0.29, 0.717) is 31.6 Å². The number of hydrogen-bond donors (Lipinski definition) is 3. The van der Waals surface area contributed by atoms with Gasteiger partial charge in [-0.1, -0.05) is 318 Å². The highest BCUT2D eigenvalue weighted by atomic mass is 31.2. The zero-order valence-corrected chi connectivity index (χ0v) is 60.9. The largest absolute Gasteiger partial charge is 0.472 e. The number of esters is 4. The highest BCUT2D eigenvalue weighted by Crippen LogP contribution is 2.45. The Morgan fingerprint density at radius 1 is 0.297 bits per heavy atom. The molecule has 0 saturated heterocycles. The molecule has 3 N–H and O–H groups in total. The number of aliphatic hydroxyl groups excluding tert-OH is 1. The van der Waals surface area contributed by atoms with Gasteiger partial charge in [-0.2, -0.15) is 0 Å². The van der Waals surface area contributed by atoms with Crippen LogP contribution in [0.1, 0.15) is 369 Å². The summed E-state index contributed by atoms with van der Waals surface area (Å²) in [6.45, 7) is 9.51. The van der Waals surface area contributed by atoms with Gasteiger partial charge in [0.05, 0.1) is 26.4 Å². The van der Waals surface area contributed by atoms with Crippen molar-refractivity contribution in [3.8, 4) is 0 Å². The van der Waals surface area contributed by atoms with Crippen molar-refractivity contribution in [1.82, 2.24) is 0 Å². The molecule has 0 aliphatic rings. The van der Waals surface area contributed by atoms with E-state index in [1.165, 1.54) is 180 Å². The van der Waals surface area contributed by atoms with E-state index in [-0.39, 0.29) is 25.7 Å². The summed E-state index contributed by atoms with van der Waals surface area (Å²) >= 11 is 0. The number of phosphoric ester groups is 2. The maximum Gasteiger partial charge on any atom is 0.472 e. The number of rotatable bonds is 71. The van der Waals surface area contributed by atoms with Gasteiger partial charge < -0.3 is 33.8 Å². The average molecular weight is 1340 g/mol. The van der Waals surface area contributed by atoms with Gasteiger partial charge in [-0.05, 0) is 37.5 Å². The Morgan fingerprint density at radius 2 is 0.505 bits per heavy atom. The third kappa shape index (κ3) is 66.5. The normalized spacial score (nSPS) is 14.1. The van der Waals surface area contributed by atoms with Crippen molar-refractivity contribution in [3.05, 3.63) is 0 Å². The molecule has 0 saturated carbocycles. The lowest BCUT2D eigenvalue weighted by Crippen LogP contribution is -2.30. The molecule has 0 amide bonds. The van der Waals surface area contributed by atoms with Gasteiger partial charge in [-0.15, -0.1) is 0 Å². The lowest BCUT2D eigenvalue weighted by atomic mass is 10.0. The summed E-state index contributed by atoms with van der Waals surface area (Å²) in [5.74, 6) is -0.656. The molecule has 0 radical (unpaired) electrons. The molecule has 5 atom stereocenters. The molecule has 0 aliphatic carbocycles. The van der Waals surface area contributed by atoms with Crippen molar-refractivity contribution in [2.45, 2.75) is 387 Å². The zero-order valence-electron chi connectivity index (χ0n) is 59.1. The molecule has 0 rings (SSSR count). The van der Waals surface area contributed by atoms with Crippen molar-refractivity contribution in [2.24, 2.45) is 11.8 Å². The average Bonchev–Trinajstić information content (AvgIpc) is 3.67. The van der Waals surface area contributed by atoms with Gasteiger partial charge in [0.25, 0.3) is 0 Å². The number of aliphatic hydroxyl groups is 1. The van der Waals surface area contributed by atoms with Crippen LogP contribution < -0.4 is 0 Å². The lowest BCUT2D eigenvalue weighted by Gasteiger charge is -2.21. The predicted octanol–water partition coefficient (Wildman–Crippen LogP) is 20.8. The molecule has 0 aliphatic heterocycles.